The smallest absolute Gasteiger partial charge is 0.384 e. The second-order valence-corrected chi connectivity index (χ2v) is 21.9. The van der Waals surface area contributed by atoms with Gasteiger partial charge in [0, 0.05) is 61.5 Å². The molecule has 2 N–H and O–H groups in total. The van der Waals surface area contributed by atoms with Crippen LogP contribution in [0.1, 0.15) is 129 Å². The molecule has 424 valence electrons. The molecule has 0 saturated carbocycles. The van der Waals surface area contributed by atoms with E-state index in [1.54, 1.807) is 21.8 Å². The van der Waals surface area contributed by atoms with Crippen molar-refractivity contribution >= 4 is 23.2 Å². The molecule has 2 saturated heterocycles. The van der Waals surface area contributed by atoms with Crippen LogP contribution in [0.25, 0.3) is 0 Å². The predicted octanol–water partition coefficient (Wildman–Crippen LogP) is 11.5. The highest BCUT2D eigenvalue weighted by Crippen LogP contribution is 2.50. The third-order valence-corrected chi connectivity index (χ3v) is 16.6. The van der Waals surface area contributed by atoms with Gasteiger partial charge in [-0.3, -0.25) is 19.0 Å². The van der Waals surface area contributed by atoms with Crippen molar-refractivity contribution in [2.24, 2.45) is 0 Å². The van der Waals surface area contributed by atoms with Gasteiger partial charge >= 0.3 is 12.4 Å². The molecule has 2 aliphatic heterocycles. The summed E-state index contributed by atoms with van der Waals surface area (Å²) in [7, 11) is 0. The van der Waals surface area contributed by atoms with Gasteiger partial charge in [0.15, 0.2) is 11.6 Å². The Bertz CT molecular complexity index is 3210. The summed E-state index contributed by atoms with van der Waals surface area (Å²) in [5.41, 5.74) is 6.63. The Balaban J connectivity index is 0.000000172. The van der Waals surface area contributed by atoms with Crippen LogP contribution >= 0.6 is 0 Å². The van der Waals surface area contributed by atoms with E-state index in [1.165, 1.54) is 0 Å². The Morgan fingerprint density at radius 2 is 0.780 bits per heavy atom. The zero-order valence-corrected chi connectivity index (χ0v) is 45.3. The van der Waals surface area contributed by atoms with Crippen molar-refractivity contribution in [3.8, 4) is 0 Å². The number of hydrogen-bond donors (Lipinski definition) is 2. The van der Waals surface area contributed by atoms with Crippen molar-refractivity contribution in [1.82, 2.24) is 29.5 Å². The Hall–Kier alpha value is -7.96. The number of benzene rings is 4. The van der Waals surface area contributed by atoms with Crippen molar-refractivity contribution in [3.63, 3.8) is 0 Å². The third-order valence-electron chi connectivity index (χ3n) is 16.6. The molecule has 12 rings (SSSR count). The summed E-state index contributed by atoms with van der Waals surface area (Å²) in [4.78, 5) is 39.0. The van der Waals surface area contributed by atoms with E-state index in [0.717, 1.165) is 45.0 Å². The van der Waals surface area contributed by atoms with Crippen LogP contribution < -0.4 is 9.80 Å². The second kappa shape index (κ2) is 23.1. The van der Waals surface area contributed by atoms with E-state index in [2.05, 4.69) is 19.8 Å². The number of piperidine rings is 2. The van der Waals surface area contributed by atoms with Crippen molar-refractivity contribution < 1.29 is 46.1 Å². The molecular weight excluding hydrogens is 1060 g/mol. The van der Waals surface area contributed by atoms with Gasteiger partial charge in [0.25, 0.3) is 0 Å². The molecule has 18 heteroatoms. The van der Waals surface area contributed by atoms with Gasteiger partial charge in [-0.1, -0.05) is 121 Å². The fraction of sp³-hybridized carbons (Fsp3) is 0.344. The van der Waals surface area contributed by atoms with Gasteiger partial charge in [0.2, 0.25) is 0 Å². The number of aliphatic hydroxyl groups excluding tert-OH is 2. The van der Waals surface area contributed by atoms with Gasteiger partial charge in [-0.15, -0.1) is 0 Å². The Morgan fingerprint density at radius 1 is 0.476 bits per heavy atom. The van der Waals surface area contributed by atoms with Crippen LogP contribution in [-0.2, 0) is 22.4 Å². The number of rotatable bonds is 10. The van der Waals surface area contributed by atoms with Crippen molar-refractivity contribution in [2.45, 2.75) is 113 Å². The number of aryl methyl sites for hydroxylation is 2. The minimum Gasteiger partial charge on any atom is -0.384 e. The number of hydrogen-bond acceptors (Lipinski definition) is 10. The molecule has 2 aliphatic carbocycles. The van der Waals surface area contributed by atoms with Crippen LogP contribution in [0.5, 0.6) is 0 Å². The summed E-state index contributed by atoms with van der Waals surface area (Å²) in [6.45, 7) is 6.44. The summed E-state index contributed by atoms with van der Waals surface area (Å²) in [5.74, 6) is -5.14. The highest BCUT2D eigenvalue weighted by molar-refractivity contribution is 5.89. The van der Waals surface area contributed by atoms with E-state index in [9.17, 15) is 46.1 Å². The number of carbonyl (C=O) groups excluding carboxylic acids is 2. The number of nitrogens with zero attached hydrogens (tertiary/aromatic N) is 8. The van der Waals surface area contributed by atoms with Crippen LogP contribution in [-0.4, -0.2) is 102 Å². The van der Waals surface area contributed by atoms with Crippen LogP contribution in [0.15, 0.2) is 158 Å². The topological polar surface area (TPSA) is 142 Å². The first-order valence-electron chi connectivity index (χ1n) is 27.8. The first kappa shape index (κ1) is 55.9. The van der Waals surface area contributed by atoms with Crippen molar-refractivity contribution in [1.29, 1.82) is 0 Å². The van der Waals surface area contributed by atoms with Crippen molar-refractivity contribution in [2.75, 3.05) is 36.0 Å². The van der Waals surface area contributed by atoms with Gasteiger partial charge in [-0.05, 0) is 97.2 Å². The minimum atomic E-state index is -4.81. The Labute approximate surface area is 471 Å². The van der Waals surface area contributed by atoms with Gasteiger partial charge in [-0.25, -0.2) is 9.97 Å². The first-order chi connectivity index (χ1) is 39.4. The number of ketones is 2. The van der Waals surface area contributed by atoms with Crippen LogP contribution in [0, 0.1) is 13.8 Å². The first-order valence-corrected chi connectivity index (χ1v) is 27.8. The monoisotopic (exact) mass is 1120 g/mol. The van der Waals surface area contributed by atoms with E-state index in [1.807, 2.05) is 159 Å². The number of alkyl halides is 6. The molecule has 8 aromatic rings. The molecule has 82 heavy (non-hydrogen) atoms. The van der Waals surface area contributed by atoms with Crippen LogP contribution in [0.2, 0.25) is 0 Å². The molecule has 4 atom stereocenters. The lowest BCUT2D eigenvalue weighted by molar-refractivity contribution is -0.179. The molecule has 4 aromatic carbocycles. The SMILES string of the molecule is Cc1ccnc(N2CCC(c3nn(C(c4ccccc4)c4ccccc4)c4c3[C@@H](C(F)(F)F)[C@@H](O)C(=O)C4)CC2)c1.Cc1ccnc(N2CCC(c3nn(C(c4ccccc4)c4ccccc4)c4c3[C@H](C(F)(F)F)[C@H](O)C(=O)C4)CC2)c1. The zero-order valence-electron chi connectivity index (χ0n) is 45.3. The molecule has 0 spiro atoms. The number of carbonyl (C=O) groups is 2. The van der Waals surface area contributed by atoms with Gasteiger partial charge < -0.3 is 20.0 Å². The lowest BCUT2D eigenvalue weighted by Gasteiger charge is -2.34. The lowest BCUT2D eigenvalue weighted by Crippen LogP contribution is -2.43. The standard InChI is InChI=1S/2C32H31F3N4O2/c2*1-20-12-15-36-26(18-20)38-16-13-21(14-17-38)29-27-24(19-25(40)31(41)28(27)32(33,34)35)39(37-29)30(22-8-4-2-5-9-22)23-10-6-3-7-11-23/h2*2-12,15,18,21,28,30-31,41H,13-14,16-17,19H2,1H3/t2*28-,31+/m10/s1. The third kappa shape index (κ3) is 11.2. The quantitative estimate of drug-likeness (QED) is 0.127. The molecule has 0 unspecified atom stereocenters. The largest absolute Gasteiger partial charge is 0.398 e. The highest BCUT2D eigenvalue weighted by Gasteiger charge is 2.56. The average molecular weight is 1120 g/mol. The number of pyridine rings is 2. The summed E-state index contributed by atoms with van der Waals surface area (Å²) < 4.78 is 90.9. The van der Waals surface area contributed by atoms with Crippen LogP contribution in [0.3, 0.4) is 0 Å². The summed E-state index contributed by atoms with van der Waals surface area (Å²) in [6.07, 6.45) is -8.71. The van der Waals surface area contributed by atoms with E-state index in [4.69, 9.17) is 10.2 Å². The van der Waals surface area contributed by atoms with E-state index in [-0.39, 0.29) is 47.2 Å². The lowest BCUT2D eigenvalue weighted by atomic mass is 9.78. The number of halogens is 6. The molecule has 6 heterocycles. The predicted molar refractivity (Wildman–Crippen MR) is 298 cm³/mol. The van der Waals surface area contributed by atoms with Crippen molar-refractivity contribution in [3.05, 3.63) is 225 Å². The summed E-state index contributed by atoms with van der Waals surface area (Å²) in [6, 6.07) is 44.7. The normalized spacial score (nSPS) is 20.0. The van der Waals surface area contributed by atoms with E-state index < -0.39 is 60.0 Å². The van der Waals surface area contributed by atoms with Crippen LogP contribution in [0.4, 0.5) is 38.0 Å². The summed E-state index contributed by atoms with van der Waals surface area (Å²) >= 11 is 0. The maximum atomic E-state index is 14.6. The minimum absolute atomic E-state index is 0.0337. The number of anilines is 2. The fourth-order valence-corrected chi connectivity index (χ4v) is 12.6. The number of aromatic nitrogens is 6. The maximum absolute atomic E-state index is 14.6. The highest BCUT2D eigenvalue weighted by atomic mass is 19.4. The van der Waals surface area contributed by atoms with E-state index >= 15 is 0 Å². The molecule has 0 amide bonds. The fourth-order valence-electron chi connectivity index (χ4n) is 12.6. The molecule has 2 fully saturated rings. The number of aliphatic hydroxyl groups is 2. The molecule has 12 nitrogen and oxygen atoms in total. The van der Waals surface area contributed by atoms with Gasteiger partial charge in [0.1, 0.15) is 47.8 Å². The molecule has 0 bridgehead atoms. The Morgan fingerprint density at radius 3 is 1.06 bits per heavy atom. The number of Topliss-reactive ketones (excluding diaryl/α,β-unsaturated/α-hetero) is 2. The summed E-state index contributed by atoms with van der Waals surface area (Å²) in [5, 5.41) is 31.1. The molecule has 4 aliphatic rings. The van der Waals surface area contributed by atoms with Gasteiger partial charge in [-0.2, -0.15) is 36.5 Å². The average Bonchev–Trinajstić information content (AvgIpc) is 4.22. The zero-order chi connectivity index (χ0) is 57.5. The molecule has 0 radical (unpaired) electrons. The number of fused-ring (bicyclic) bond motifs is 2. The molecular formula is C64H62F6N8O4. The second-order valence-electron chi connectivity index (χ2n) is 21.9. The maximum Gasteiger partial charge on any atom is 0.398 e. The Kier molecular flexibility index (Phi) is 15.8. The molecule has 4 aromatic heterocycles. The van der Waals surface area contributed by atoms with E-state index in [0.29, 0.717) is 63.3 Å². The van der Waals surface area contributed by atoms with Gasteiger partial charge in [0.05, 0.1) is 35.6 Å².